The van der Waals surface area contributed by atoms with Gasteiger partial charge in [0.15, 0.2) is 4.87 Å². The van der Waals surface area contributed by atoms with Crippen LogP contribution in [0.3, 0.4) is 0 Å². The Morgan fingerprint density at radius 3 is 2.21 bits per heavy atom. The maximum absolute atomic E-state index is 14.3. The number of rotatable bonds is 8. The molecule has 0 aliphatic carbocycles. The second kappa shape index (κ2) is 8.83. The summed E-state index contributed by atoms with van der Waals surface area (Å²) in [7, 11) is -2.53. The van der Waals surface area contributed by atoms with Gasteiger partial charge in [-0.3, -0.25) is 4.79 Å². The molecule has 1 unspecified atom stereocenters. The molecule has 7 heteroatoms. The molecule has 0 bridgehead atoms. The number of hydrogen-bond acceptors (Lipinski definition) is 5. The lowest BCUT2D eigenvalue weighted by molar-refractivity contribution is -0.117. The van der Waals surface area contributed by atoms with Gasteiger partial charge in [0, 0.05) is 24.1 Å². The Bertz CT molecular complexity index is 1290. The number of sulfone groups is 1. The van der Waals surface area contributed by atoms with E-state index in [1.807, 2.05) is 0 Å². The molecule has 1 amide bonds. The largest absolute Gasteiger partial charge is 0.497 e. The van der Waals surface area contributed by atoms with Gasteiger partial charge in [0.05, 0.1) is 12.0 Å². The molecular weight excluding hydrogens is 438 g/mol. The SMILES string of the molecule is COc1ccc(CN2C(=O)c3ccccc3C2(CCC(C)=O)S(=O)(=O)c2ccccc2)cc1. The summed E-state index contributed by atoms with van der Waals surface area (Å²) in [6.45, 7) is 1.50. The summed E-state index contributed by atoms with van der Waals surface area (Å²) in [6.07, 6.45) is -0.00867. The average Bonchev–Trinajstić information content (AvgIpc) is 3.07. The minimum Gasteiger partial charge on any atom is -0.497 e. The summed E-state index contributed by atoms with van der Waals surface area (Å²) in [5, 5.41) is 0. The Hall–Kier alpha value is -3.45. The zero-order valence-corrected chi connectivity index (χ0v) is 19.3. The lowest BCUT2D eigenvalue weighted by Gasteiger charge is -2.39. The number of Topliss-reactive ketones (excluding diaryl/α,β-unsaturated/α-hetero) is 1. The first kappa shape index (κ1) is 22.7. The number of carbonyl (C=O) groups excluding carboxylic acids is 2. The van der Waals surface area contributed by atoms with Crippen LogP contribution in [0.4, 0.5) is 0 Å². The quantitative estimate of drug-likeness (QED) is 0.496. The van der Waals surface area contributed by atoms with E-state index in [2.05, 4.69) is 0 Å². The monoisotopic (exact) mass is 463 g/mol. The molecule has 0 radical (unpaired) electrons. The van der Waals surface area contributed by atoms with Crippen molar-refractivity contribution in [1.29, 1.82) is 0 Å². The zero-order valence-electron chi connectivity index (χ0n) is 18.5. The van der Waals surface area contributed by atoms with Crippen LogP contribution in [0, 0.1) is 0 Å². The predicted octanol–water partition coefficient (Wildman–Crippen LogP) is 4.35. The summed E-state index contributed by atoms with van der Waals surface area (Å²) < 4.78 is 33.7. The molecule has 4 rings (SSSR count). The molecule has 0 spiro atoms. The second-order valence-electron chi connectivity index (χ2n) is 8.09. The van der Waals surface area contributed by atoms with E-state index in [1.54, 1.807) is 73.8 Å². The van der Waals surface area contributed by atoms with Crippen molar-refractivity contribution in [3.8, 4) is 5.75 Å². The minimum absolute atomic E-state index is 0.0206. The maximum Gasteiger partial charge on any atom is 0.256 e. The summed E-state index contributed by atoms with van der Waals surface area (Å²) in [5.74, 6) is 0.151. The van der Waals surface area contributed by atoms with Crippen LogP contribution in [0.2, 0.25) is 0 Å². The van der Waals surface area contributed by atoms with Crippen molar-refractivity contribution in [1.82, 2.24) is 4.90 Å². The molecule has 1 heterocycles. The van der Waals surface area contributed by atoms with Crippen molar-refractivity contribution >= 4 is 21.5 Å². The topological polar surface area (TPSA) is 80.8 Å². The number of ether oxygens (including phenoxy) is 1. The molecule has 1 atom stereocenters. The second-order valence-corrected chi connectivity index (χ2v) is 10.2. The fourth-order valence-corrected chi connectivity index (χ4v) is 6.59. The molecule has 170 valence electrons. The standard InChI is InChI=1S/C26H25NO5S/c1-19(28)16-17-26(33(30,31)22-8-4-3-5-9-22)24-11-7-6-10-23(24)25(29)27(26)18-20-12-14-21(32-2)15-13-20/h3-15H,16-18H2,1-2H3. The van der Waals surface area contributed by atoms with Gasteiger partial charge in [0.25, 0.3) is 5.91 Å². The van der Waals surface area contributed by atoms with Gasteiger partial charge in [-0.2, -0.15) is 0 Å². The highest BCUT2D eigenvalue weighted by Crippen LogP contribution is 2.49. The van der Waals surface area contributed by atoms with E-state index in [4.69, 9.17) is 4.74 Å². The number of fused-ring (bicyclic) bond motifs is 1. The summed E-state index contributed by atoms with van der Waals surface area (Å²) in [5.41, 5.74) is 1.51. The molecule has 0 N–H and O–H groups in total. The van der Waals surface area contributed by atoms with E-state index in [1.165, 1.54) is 24.0 Å². The van der Waals surface area contributed by atoms with Gasteiger partial charge in [-0.05, 0) is 49.2 Å². The third-order valence-electron chi connectivity index (χ3n) is 6.07. The van der Waals surface area contributed by atoms with Crippen molar-refractivity contribution in [3.63, 3.8) is 0 Å². The molecule has 0 saturated heterocycles. The van der Waals surface area contributed by atoms with Crippen molar-refractivity contribution in [2.75, 3.05) is 7.11 Å². The lowest BCUT2D eigenvalue weighted by atomic mass is 9.98. The zero-order chi connectivity index (χ0) is 23.6. The highest BCUT2D eigenvalue weighted by molar-refractivity contribution is 7.92. The highest BCUT2D eigenvalue weighted by atomic mass is 32.2. The summed E-state index contributed by atoms with van der Waals surface area (Å²) in [6, 6.07) is 22.0. The summed E-state index contributed by atoms with van der Waals surface area (Å²) in [4.78, 5) is 25.5. The van der Waals surface area contributed by atoms with E-state index in [-0.39, 0.29) is 36.0 Å². The Kier molecular flexibility index (Phi) is 6.08. The van der Waals surface area contributed by atoms with Gasteiger partial charge in [-0.1, -0.05) is 48.5 Å². The number of carbonyl (C=O) groups is 2. The van der Waals surface area contributed by atoms with Crippen LogP contribution in [-0.4, -0.2) is 32.1 Å². The molecule has 3 aromatic rings. The van der Waals surface area contributed by atoms with Crippen LogP contribution in [0.1, 0.15) is 41.3 Å². The van der Waals surface area contributed by atoms with Crippen LogP contribution >= 0.6 is 0 Å². The lowest BCUT2D eigenvalue weighted by Crippen LogP contribution is -2.49. The normalized spacial score (nSPS) is 17.6. The van der Waals surface area contributed by atoms with Crippen LogP contribution in [0.15, 0.2) is 83.8 Å². The van der Waals surface area contributed by atoms with Crippen LogP contribution < -0.4 is 4.74 Å². The number of hydrogen-bond donors (Lipinski definition) is 0. The van der Waals surface area contributed by atoms with Gasteiger partial charge in [0.1, 0.15) is 11.5 Å². The molecule has 3 aromatic carbocycles. The van der Waals surface area contributed by atoms with Gasteiger partial charge < -0.3 is 14.4 Å². The van der Waals surface area contributed by atoms with Gasteiger partial charge in [-0.25, -0.2) is 8.42 Å². The van der Waals surface area contributed by atoms with Gasteiger partial charge >= 0.3 is 0 Å². The number of nitrogens with zero attached hydrogens (tertiary/aromatic N) is 1. The van der Waals surface area contributed by atoms with Crippen molar-refractivity contribution < 1.29 is 22.7 Å². The van der Waals surface area contributed by atoms with E-state index in [0.717, 1.165) is 5.56 Å². The van der Waals surface area contributed by atoms with E-state index in [0.29, 0.717) is 16.9 Å². The van der Waals surface area contributed by atoms with E-state index >= 15 is 0 Å². The molecule has 0 aromatic heterocycles. The first-order valence-corrected chi connectivity index (χ1v) is 12.1. The molecular formula is C26H25NO5S. The fraction of sp³-hybridized carbons (Fsp3) is 0.231. The van der Waals surface area contributed by atoms with Crippen LogP contribution in [-0.2, 0) is 26.0 Å². The number of ketones is 1. The smallest absolute Gasteiger partial charge is 0.256 e. The third-order valence-corrected chi connectivity index (χ3v) is 8.50. The molecule has 0 fully saturated rings. The van der Waals surface area contributed by atoms with Crippen molar-refractivity contribution in [2.24, 2.45) is 0 Å². The van der Waals surface area contributed by atoms with E-state index < -0.39 is 14.7 Å². The van der Waals surface area contributed by atoms with Gasteiger partial charge in [-0.15, -0.1) is 0 Å². The molecule has 0 saturated carbocycles. The Balaban J connectivity index is 1.94. The fourth-order valence-electron chi connectivity index (χ4n) is 4.41. The molecule has 33 heavy (non-hydrogen) atoms. The number of benzene rings is 3. The predicted molar refractivity (Wildman–Crippen MR) is 125 cm³/mol. The number of amides is 1. The first-order chi connectivity index (χ1) is 15.8. The molecule has 1 aliphatic rings. The Labute approximate surface area is 193 Å². The van der Waals surface area contributed by atoms with Gasteiger partial charge in [0.2, 0.25) is 9.84 Å². The Morgan fingerprint density at radius 2 is 1.58 bits per heavy atom. The van der Waals surface area contributed by atoms with E-state index in [9.17, 15) is 18.0 Å². The third kappa shape index (κ3) is 3.82. The maximum atomic E-state index is 14.3. The molecule has 1 aliphatic heterocycles. The van der Waals surface area contributed by atoms with Crippen molar-refractivity contribution in [2.45, 2.75) is 36.1 Å². The number of methoxy groups -OCH3 is 1. The minimum atomic E-state index is -4.10. The molecule has 6 nitrogen and oxygen atoms in total. The van der Waals surface area contributed by atoms with Crippen molar-refractivity contribution in [3.05, 3.63) is 95.6 Å². The van der Waals surface area contributed by atoms with Crippen LogP contribution in [0.25, 0.3) is 0 Å². The summed E-state index contributed by atoms with van der Waals surface area (Å²) >= 11 is 0. The first-order valence-electron chi connectivity index (χ1n) is 10.6. The average molecular weight is 464 g/mol. The highest BCUT2D eigenvalue weighted by Gasteiger charge is 2.58. The Morgan fingerprint density at radius 1 is 0.939 bits per heavy atom. The van der Waals surface area contributed by atoms with Crippen LogP contribution in [0.5, 0.6) is 5.75 Å².